The van der Waals surface area contributed by atoms with Crippen molar-refractivity contribution in [2.24, 2.45) is 0 Å². The molecule has 0 saturated carbocycles. The zero-order valence-electron chi connectivity index (χ0n) is 15.7. The molecule has 6 nitrogen and oxygen atoms in total. The van der Waals surface area contributed by atoms with E-state index in [2.05, 4.69) is 10.6 Å². The molecule has 8 heteroatoms. The molecular formula is C21H21Cl2N3O3. The molecule has 0 bridgehead atoms. The summed E-state index contributed by atoms with van der Waals surface area (Å²) in [6, 6.07) is 12.1. The number of rotatable bonds is 6. The molecule has 1 heterocycles. The summed E-state index contributed by atoms with van der Waals surface area (Å²) >= 11 is 12.2. The summed E-state index contributed by atoms with van der Waals surface area (Å²) in [6.45, 7) is 3.14. The van der Waals surface area contributed by atoms with Crippen molar-refractivity contribution in [3.8, 4) is 0 Å². The highest BCUT2D eigenvalue weighted by atomic mass is 35.5. The van der Waals surface area contributed by atoms with Gasteiger partial charge in [0.15, 0.2) is 0 Å². The van der Waals surface area contributed by atoms with E-state index in [-0.39, 0.29) is 11.8 Å². The van der Waals surface area contributed by atoms with Crippen molar-refractivity contribution in [3.63, 3.8) is 0 Å². The number of nitrogens with zero attached hydrogens (tertiary/aromatic N) is 1. The number of ether oxygens (including phenoxy) is 1. The third kappa shape index (κ3) is 6.58. The van der Waals surface area contributed by atoms with E-state index < -0.39 is 0 Å². The van der Waals surface area contributed by atoms with Crippen molar-refractivity contribution in [1.82, 2.24) is 4.90 Å². The predicted octanol–water partition coefficient (Wildman–Crippen LogP) is 3.92. The maximum Gasteiger partial charge on any atom is 0.248 e. The van der Waals surface area contributed by atoms with Crippen LogP contribution in [0.4, 0.5) is 11.4 Å². The van der Waals surface area contributed by atoms with Crippen molar-refractivity contribution in [2.45, 2.75) is 0 Å². The summed E-state index contributed by atoms with van der Waals surface area (Å²) in [5, 5.41) is 6.54. The maximum atomic E-state index is 12.1. The Balaban J connectivity index is 1.51. The fraction of sp³-hybridized carbons (Fsp3) is 0.238. The number of halogens is 2. The van der Waals surface area contributed by atoms with Gasteiger partial charge < -0.3 is 15.4 Å². The van der Waals surface area contributed by atoms with E-state index >= 15 is 0 Å². The second-order valence-corrected chi connectivity index (χ2v) is 7.29. The average molecular weight is 434 g/mol. The first kappa shape index (κ1) is 21.3. The smallest absolute Gasteiger partial charge is 0.248 e. The normalized spacial score (nSPS) is 14.7. The molecule has 1 fully saturated rings. The Hall–Kier alpha value is -2.38. The van der Waals surface area contributed by atoms with Gasteiger partial charge in [-0.15, -0.1) is 0 Å². The number of amides is 2. The third-order valence-corrected chi connectivity index (χ3v) is 4.97. The third-order valence-electron chi connectivity index (χ3n) is 4.31. The van der Waals surface area contributed by atoms with Gasteiger partial charge in [0.05, 0.1) is 19.8 Å². The van der Waals surface area contributed by atoms with Crippen LogP contribution in [0.3, 0.4) is 0 Å². The van der Waals surface area contributed by atoms with Crippen LogP contribution in [0.2, 0.25) is 10.0 Å². The van der Waals surface area contributed by atoms with Crippen LogP contribution >= 0.6 is 23.2 Å². The van der Waals surface area contributed by atoms with Crippen LogP contribution in [-0.2, 0) is 14.3 Å². The molecule has 0 aromatic heterocycles. The van der Waals surface area contributed by atoms with Gasteiger partial charge in [-0.2, -0.15) is 0 Å². The zero-order chi connectivity index (χ0) is 20.6. The van der Waals surface area contributed by atoms with Crippen molar-refractivity contribution < 1.29 is 14.3 Å². The molecule has 0 atom stereocenters. The van der Waals surface area contributed by atoms with Crippen LogP contribution in [0.25, 0.3) is 6.08 Å². The second-order valence-electron chi connectivity index (χ2n) is 6.47. The van der Waals surface area contributed by atoms with Crippen LogP contribution in [-0.4, -0.2) is 49.6 Å². The molecular weight excluding hydrogens is 413 g/mol. The minimum absolute atomic E-state index is 0.0803. The SMILES string of the molecule is O=C(/C=C/c1c(Cl)cccc1Cl)Nc1ccc(NC(=O)CN2CCOCC2)cc1. The van der Waals surface area contributed by atoms with Gasteiger partial charge in [-0.25, -0.2) is 0 Å². The molecule has 2 aromatic rings. The highest BCUT2D eigenvalue weighted by molar-refractivity contribution is 6.37. The summed E-state index contributed by atoms with van der Waals surface area (Å²) in [6.07, 6.45) is 2.94. The van der Waals surface area contributed by atoms with Gasteiger partial charge in [-0.1, -0.05) is 29.3 Å². The lowest BCUT2D eigenvalue weighted by Crippen LogP contribution is -2.41. The summed E-state index contributed by atoms with van der Waals surface area (Å²) in [5.74, 6) is -0.395. The van der Waals surface area contributed by atoms with Gasteiger partial charge in [-0.05, 0) is 42.5 Å². The molecule has 1 aliphatic rings. The first-order valence-electron chi connectivity index (χ1n) is 9.14. The molecule has 29 heavy (non-hydrogen) atoms. The molecule has 152 valence electrons. The number of benzene rings is 2. The fourth-order valence-corrected chi connectivity index (χ4v) is 3.34. The molecule has 0 unspecified atom stereocenters. The first-order chi connectivity index (χ1) is 14.0. The highest BCUT2D eigenvalue weighted by Gasteiger charge is 2.14. The van der Waals surface area contributed by atoms with Gasteiger partial charge in [0.2, 0.25) is 11.8 Å². The van der Waals surface area contributed by atoms with E-state index in [1.165, 1.54) is 6.08 Å². The summed E-state index contributed by atoms with van der Waals surface area (Å²) in [4.78, 5) is 26.3. The van der Waals surface area contributed by atoms with Crippen molar-refractivity contribution in [3.05, 3.63) is 64.1 Å². The number of morpholine rings is 1. The van der Waals surface area contributed by atoms with Crippen molar-refractivity contribution in [1.29, 1.82) is 0 Å². The number of carbonyl (C=O) groups is 2. The van der Waals surface area contributed by atoms with E-state index in [1.807, 2.05) is 4.90 Å². The molecule has 1 aliphatic heterocycles. The van der Waals surface area contributed by atoms with E-state index in [0.29, 0.717) is 46.7 Å². The topological polar surface area (TPSA) is 70.7 Å². The summed E-state index contributed by atoms with van der Waals surface area (Å²) in [7, 11) is 0. The van der Waals surface area contributed by atoms with Crippen LogP contribution in [0.15, 0.2) is 48.5 Å². The van der Waals surface area contributed by atoms with E-state index in [0.717, 1.165) is 13.1 Å². The minimum atomic E-state index is -0.315. The standard InChI is InChI=1S/C21H21Cl2N3O3/c22-18-2-1-3-19(23)17(18)8-9-20(27)24-15-4-6-16(7-5-15)25-21(28)14-26-10-12-29-13-11-26/h1-9H,10-14H2,(H,24,27)(H,25,28)/b9-8+. The molecule has 2 aromatic carbocycles. The minimum Gasteiger partial charge on any atom is -0.379 e. The Bertz CT molecular complexity index is 874. The molecule has 0 aliphatic carbocycles. The molecule has 2 N–H and O–H groups in total. The Labute approximate surface area is 179 Å². The van der Waals surface area contributed by atoms with Crippen molar-refractivity contribution >= 4 is 52.5 Å². The van der Waals surface area contributed by atoms with E-state index in [9.17, 15) is 9.59 Å². The van der Waals surface area contributed by atoms with Gasteiger partial charge in [0.25, 0.3) is 0 Å². The lowest BCUT2D eigenvalue weighted by Gasteiger charge is -2.25. The van der Waals surface area contributed by atoms with Gasteiger partial charge in [0, 0.05) is 46.1 Å². The molecule has 1 saturated heterocycles. The maximum absolute atomic E-state index is 12.1. The molecule has 0 radical (unpaired) electrons. The van der Waals surface area contributed by atoms with Crippen LogP contribution < -0.4 is 10.6 Å². The second kappa shape index (κ2) is 10.4. The van der Waals surface area contributed by atoms with Gasteiger partial charge >= 0.3 is 0 Å². The first-order valence-corrected chi connectivity index (χ1v) is 9.90. The number of carbonyl (C=O) groups excluding carboxylic acids is 2. The highest BCUT2D eigenvalue weighted by Crippen LogP contribution is 2.25. The Morgan fingerprint density at radius 2 is 1.55 bits per heavy atom. The molecule has 0 spiro atoms. The molecule has 2 amide bonds. The van der Waals surface area contributed by atoms with Crippen LogP contribution in [0, 0.1) is 0 Å². The molecule has 3 rings (SSSR count). The quantitative estimate of drug-likeness (QED) is 0.677. The van der Waals surface area contributed by atoms with Gasteiger partial charge in [0.1, 0.15) is 0 Å². The number of anilines is 2. The lowest BCUT2D eigenvalue weighted by atomic mass is 10.2. The van der Waals surface area contributed by atoms with Gasteiger partial charge in [-0.3, -0.25) is 14.5 Å². The number of hydrogen-bond donors (Lipinski definition) is 2. The lowest BCUT2D eigenvalue weighted by molar-refractivity contribution is -0.118. The largest absolute Gasteiger partial charge is 0.379 e. The van der Waals surface area contributed by atoms with E-state index in [1.54, 1.807) is 48.5 Å². The summed E-state index contributed by atoms with van der Waals surface area (Å²) in [5.41, 5.74) is 1.86. The predicted molar refractivity (Wildman–Crippen MR) is 116 cm³/mol. The Morgan fingerprint density at radius 1 is 0.966 bits per heavy atom. The average Bonchev–Trinajstić information content (AvgIpc) is 2.70. The Kier molecular flexibility index (Phi) is 7.66. The number of hydrogen-bond acceptors (Lipinski definition) is 4. The fourth-order valence-electron chi connectivity index (χ4n) is 2.81. The summed E-state index contributed by atoms with van der Waals surface area (Å²) < 4.78 is 5.27. The number of nitrogens with one attached hydrogen (secondary N) is 2. The zero-order valence-corrected chi connectivity index (χ0v) is 17.2. The van der Waals surface area contributed by atoms with Crippen LogP contribution in [0.5, 0.6) is 0 Å². The van der Waals surface area contributed by atoms with E-state index in [4.69, 9.17) is 27.9 Å². The Morgan fingerprint density at radius 3 is 2.17 bits per heavy atom. The van der Waals surface area contributed by atoms with Crippen molar-refractivity contribution in [2.75, 3.05) is 43.5 Å². The van der Waals surface area contributed by atoms with Crippen LogP contribution in [0.1, 0.15) is 5.56 Å². The monoisotopic (exact) mass is 433 g/mol.